The van der Waals surface area contributed by atoms with Crippen molar-refractivity contribution < 1.29 is 14.6 Å². The van der Waals surface area contributed by atoms with Crippen molar-refractivity contribution in [3.05, 3.63) is 64.2 Å². The van der Waals surface area contributed by atoms with Crippen LogP contribution in [0.3, 0.4) is 0 Å². The lowest BCUT2D eigenvalue weighted by Gasteiger charge is -2.21. The third-order valence-electron chi connectivity index (χ3n) is 4.10. The van der Waals surface area contributed by atoms with Crippen molar-refractivity contribution in [3.8, 4) is 0 Å². The van der Waals surface area contributed by atoms with Gasteiger partial charge < -0.3 is 10.2 Å². The summed E-state index contributed by atoms with van der Waals surface area (Å²) in [5.74, 6) is -0.168. The van der Waals surface area contributed by atoms with Gasteiger partial charge in [0.1, 0.15) is 6.54 Å². The predicted octanol–water partition coefficient (Wildman–Crippen LogP) is 2.36. The molecule has 2 rings (SSSR count). The van der Waals surface area contributed by atoms with E-state index in [0.29, 0.717) is 5.69 Å². The van der Waals surface area contributed by atoms with Gasteiger partial charge in [0.05, 0.1) is 12.0 Å². The molecule has 25 heavy (non-hydrogen) atoms. The Morgan fingerprint density at radius 2 is 1.96 bits per heavy atom. The zero-order valence-corrected chi connectivity index (χ0v) is 15.3. The molecule has 2 aromatic rings. The number of benzene rings is 2. The first-order chi connectivity index (χ1) is 11.9. The number of rotatable bonds is 7. The van der Waals surface area contributed by atoms with Gasteiger partial charge in [-0.25, -0.2) is 0 Å². The molecular formula is C18H22N3O3S+. The van der Waals surface area contributed by atoms with E-state index in [1.54, 1.807) is 23.9 Å². The summed E-state index contributed by atoms with van der Waals surface area (Å²) in [5, 5.41) is 13.6. The van der Waals surface area contributed by atoms with Crippen molar-refractivity contribution in [3.63, 3.8) is 0 Å². The number of hydrogen-bond donors (Lipinski definition) is 2. The third kappa shape index (κ3) is 5.30. The van der Waals surface area contributed by atoms with Crippen LogP contribution in [-0.4, -0.2) is 30.2 Å². The van der Waals surface area contributed by atoms with Crippen molar-refractivity contribution in [2.24, 2.45) is 0 Å². The molecule has 1 unspecified atom stereocenters. The second-order valence-electron chi connectivity index (χ2n) is 5.89. The zero-order valence-electron chi connectivity index (χ0n) is 14.5. The first-order valence-electron chi connectivity index (χ1n) is 7.91. The standard InChI is InChI=1S/C18H21N3O3S/c1-13(20(2)12-14-7-9-17(25-3)10-8-14)18(22)19-15-5-4-6-16(11-15)21(23)24/h4-11,13H,12H2,1-3H3,(H,19,22)/p+1/t13-/m1/s1. The van der Waals surface area contributed by atoms with Crippen molar-refractivity contribution >= 4 is 29.0 Å². The van der Waals surface area contributed by atoms with Gasteiger partial charge in [-0.2, -0.15) is 0 Å². The Balaban J connectivity index is 1.98. The Morgan fingerprint density at radius 3 is 2.56 bits per heavy atom. The number of carbonyl (C=O) groups is 1. The summed E-state index contributed by atoms with van der Waals surface area (Å²) in [7, 11) is 1.96. The van der Waals surface area contributed by atoms with E-state index in [1.807, 2.05) is 20.2 Å². The van der Waals surface area contributed by atoms with Crippen LogP contribution in [0.15, 0.2) is 53.4 Å². The number of nitrogens with one attached hydrogen (secondary N) is 2. The molecular weight excluding hydrogens is 338 g/mol. The van der Waals surface area contributed by atoms with Crippen LogP contribution >= 0.6 is 11.8 Å². The van der Waals surface area contributed by atoms with E-state index in [2.05, 4.69) is 29.6 Å². The molecule has 0 saturated carbocycles. The topological polar surface area (TPSA) is 76.7 Å². The van der Waals surface area contributed by atoms with E-state index in [4.69, 9.17) is 0 Å². The summed E-state index contributed by atoms with van der Waals surface area (Å²) in [6, 6.07) is 14.0. The molecule has 0 aliphatic heterocycles. The summed E-state index contributed by atoms with van der Waals surface area (Å²) in [5.41, 5.74) is 1.55. The van der Waals surface area contributed by atoms with E-state index >= 15 is 0 Å². The largest absolute Gasteiger partial charge is 0.324 e. The molecule has 2 atom stereocenters. The highest BCUT2D eigenvalue weighted by molar-refractivity contribution is 7.98. The Morgan fingerprint density at radius 1 is 1.28 bits per heavy atom. The fourth-order valence-electron chi connectivity index (χ4n) is 2.39. The maximum absolute atomic E-state index is 12.4. The highest BCUT2D eigenvalue weighted by Gasteiger charge is 2.22. The summed E-state index contributed by atoms with van der Waals surface area (Å²) in [6.07, 6.45) is 2.03. The number of nitro groups is 1. The minimum Gasteiger partial charge on any atom is -0.324 e. The Hall–Kier alpha value is -2.38. The van der Waals surface area contributed by atoms with Crippen molar-refractivity contribution in [1.82, 2.24) is 0 Å². The van der Waals surface area contributed by atoms with E-state index in [1.165, 1.54) is 17.0 Å². The number of nitrogens with zero attached hydrogens (tertiary/aromatic N) is 1. The minimum atomic E-state index is -0.477. The monoisotopic (exact) mass is 360 g/mol. The maximum Gasteiger partial charge on any atom is 0.282 e. The number of carbonyl (C=O) groups excluding carboxylic acids is 1. The molecule has 2 aromatic carbocycles. The number of amides is 1. The number of non-ortho nitro benzene ring substituents is 1. The minimum absolute atomic E-state index is 0.0416. The molecule has 2 N–H and O–H groups in total. The fraction of sp³-hybridized carbons (Fsp3) is 0.278. The summed E-state index contributed by atoms with van der Waals surface area (Å²) in [6.45, 7) is 2.57. The molecule has 0 aliphatic rings. The second-order valence-corrected chi connectivity index (χ2v) is 6.77. The highest BCUT2D eigenvalue weighted by atomic mass is 32.2. The van der Waals surface area contributed by atoms with Gasteiger partial charge in [-0.3, -0.25) is 14.9 Å². The molecule has 0 radical (unpaired) electrons. The average Bonchev–Trinajstić information content (AvgIpc) is 2.61. The number of thioether (sulfide) groups is 1. The van der Waals surface area contributed by atoms with Crippen LogP contribution in [0, 0.1) is 10.1 Å². The van der Waals surface area contributed by atoms with Crippen molar-refractivity contribution in [2.45, 2.75) is 24.4 Å². The molecule has 1 amide bonds. The van der Waals surface area contributed by atoms with Gasteiger partial charge in [-0.05, 0) is 31.4 Å². The number of nitro benzene ring substituents is 1. The highest BCUT2D eigenvalue weighted by Crippen LogP contribution is 2.17. The van der Waals surface area contributed by atoms with Crippen LogP contribution in [0.25, 0.3) is 0 Å². The molecule has 0 aromatic heterocycles. The molecule has 132 valence electrons. The second kappa shape index (κ2) is 8.64. The van der Waals surface area contributed by atoms with Crippen LogP contribution < -0.4 is 10.2 Å². The Kier molecular flexibility index (Phi) is 6.55. The molecule has 0 aliphatic carbocycles. The Labute approximate surface area is 151 Å². The molecule has 6 nitrogen and oxygen atoms in total. The quantitative estimate of drug-likeness (QED) is 0.451. The number of hydrogen-bond acceptors (Lipinski definition) is 4. The lowest BCUT2D eigenvalue weighted by Crippen LogP contribution is -3.12. The first kappa shape index (κ1) is 19.0. The van der Waals surface area contributed by atoms with Crippen LogP contribution in [0.5, 0.6) is 0 Å². The smallest absolute Gasteiger partial charge is 0.282 e. The molecule has 7 heteroatoms. The van der Waals surface area contributed by atoms with Crippen LogP contribution in [0.1, 0.15) is 12.5 Å². The number of anilines is 1. The molecule has 0 saturated heterocycles. The average molecular weight is 360 g/mol. The van der Waals surface area contributed by atoms with E-state index < -0.39 is 4.92 Å². The van der Waals surface area contributed by atoms with Gasteiger partial charge in [-0.15, -0.1) is 11.8 Å². The van der Waals surface area contributed by atoms with Gasteiger partial charge in [0.2, 0.25) is 0 Å². The van der Waals surface area contributed by atoms with Crippen LogP contribution in [-0.2, 0) is 11.3 Å². The van der Waals surface area contributed by atoms with E-state index in [0.717, 1.165) is 17.0 Å². The maximum atomic E-state index is 12.4. The van der Waals surface area contributed by atoms with Gasteiger partial charge in [0, 0.05) is 28.3 Å². The first-order valence-corrected chi connectivity index (χ1v) is 9.13. The van der Waals surface area contributed by atoms with Gasteiger partial charge in [0.15, 0.2) is 6.04 Å². The van der Waals surface area contributed by atoms with Crippen LogP contribution in [0.2, 0.25) is 0 Å². The molecule has 0 spiro atoms. The summed E-state index contributed by atoms with van der Waals surface area (Å²) < 4.78 is 0. The fourth-order valence-corrected chi connectivity index (χ4v) is 2.80. The molecule has 0 heterocycles. The van der Waals surface area contributed by atoms with E-state index in [-0.39, 0.29) is 17.6 Å². The summed E-state index contributed by atoms with van der Waals surface area (Å²) >= 11 is 1.69. The lowest BCUT2D eigenvalue weighted by molar-refractivity contribution is -0.907. The Bertz CT molecular complexity index is 749. The van der Waals surface area contributed by atoms with E-state index in [9.17, 15) is 14.9 Å². The van der Waals surface area contributed by atoms with Gasteiger partial charge in [0.25, 0.3) is 11.6 Å². The predicted molar refractivity (Wildman–Crippen MR) is 100 cm³/mol. The number of likely N-dealkylation sites (N-methyl/N-ethyl adjacent to an activating group) is 1. The van der Waals surface area contributed by atoms with Gasteiger partial charge in [-0.1, -0.05) is 18.2 Å². The van der Waals surface area contributed by atoms with Crippen LogP contribution in [0.4, 0.5) is 11.4 Å². The SMILES string of the molecule is CSc1ccc(C[NH+](C)[C@H](C)C(=O)Nc2cccc([N+](=O)[O-])c2)cc1. The molecule has 0 bridgehead atoms. The normalized spacial score (nSPS) is 13.1. The van der Waals surface area contributed by atoms with Gasteiger partial charge >= 0.3 is 0 Å². The zero-order chi connectivity index (χ0) is 18.4. The van der Waals surface area contributed by atoms with Crippen molar-refractivity contribution in [1.29, 1.82) is 0 Å². The lowest BCUT2D eigenvalue weighted by atomic mass is 10.2. The summed E-state index contributed by atoms with van der Waals surface area (Å²) in [4.78, 5) is 25.0. The third-order valence-corrected chi connectivity index (χ3v) is 4.84. The molecule has 0 fully saturated rings. The van der Waals surface area contributed by atoms with Crippen molar-refractivity contribution in [2.75, 3.05) is 18.6 Å². The number of quaternary nitrogens is 1.